The van der Waals surface area contributed by atoms with Crippen molar-refractivity contribution in [2.75, 3.05) is 6.54 Å². The third-order valence-corrected chi connectivity index (χ3v) is 6.92. The highest BCUT2D eigenvalue weighted by atomic mass is 32.1. The van der Waals surface area contributed by atoms with Crippen LogP contribution in [0.25, 0.3) is 0 Å². The zero-order valence-corrected chi connectivity index (χ0v) is 16.9. The molecule has 0 spiro atoms. The molecule has 0 aliphatic carbocycles. The van der Waals surface area contributed by atoms with Gasteiger partial charge in [-0.15, -0.1) is 11.3 Å². The fourth-order valence-electron chi connectivity index (χ4n) is 4.38. The highest BCUT2D eigenvalue weighted by Gasteiger charge is 2.36. The van der Waals surface area contributed by atoms with Crippen LogP contribution in [0.3, 0.4) is 0 Å². The summed E-state index contributed by atoms with van der Waals surface area (Å²) in [5.74, 6) is 0.137. The first kappa shape index (κ1) is 18.1. The molecule has 1 atom stereocenters. The number of thiophene rings is 1. The molecular weight excluding hydrogens is 380 g/mol. The first-order chi connectivity index (χ1) is 14.2. The van der Waals surface area contributed by atoms with E-state index in [4.69, 9.17) is 0 Å². The highest BCUT2D eigenvalue weighted by Crippen LogP contribution is 2.36. The molecular formula is C24H22N2O2S. The largest absolute Gasteiger partial charge is 0.338 e. The lowest BCUT2D eigenvalue weighted by atomic mass is 9.99. The third kappa shape index (κ3) is 3.36. The van der Waals surface area contributed by atoms with Gasteiger partial charge in [-0.1, -0.05) is 48.5 Å². The topological polar surface area (TPSA) is 40.6 Å². The van der Waals surface area contributed by atoms with Crippen molar-refractivity contribution in [3.63, 3.8) is 0 Å². The lowest BCUT2D eigenvalue weighted by molar-refractivity contribution is -0.133. The molecule has 0 fully saturated rings. The minimum atomic E-state index is -0.223. The first-order valence-electron chi connectivity index (χ1n) is 9.97. The minimum absolute atomic E-state index is 0.0239. The van der Waals surface area contributed by atoms with Crippen LogP contribution in [0.1, 0.15) is 44.4 Å². The Kier molecular flexibility index (Phi) is 4.68. The number of carbonyl (C=O) groups is 2. The molecule has 146 valence electrons. The summed E-state index contributed by atoms with van der Waals surface area (Å²) in [6.07, 6.45) is 1.21. The van der Waals surface area contributed by atoms with Crippen LogP contribution in [0.2, 0.25) is 0 Å². The van der Waals surface area contributed by atoms with E-state index in [0.717, 1.165) is 29.0 Å². The number of fused-ring (bicyclic) bond motifs is 2. The van der Waals surface area contributed by atoms with Crippen molar-refractivity contribution < 1.29 is 9.59 Å². The smallest absolute Gasteiger partial charge is 0.255 e. The van der Waals surface area contributed by atoms with Gasteiger partial charge in [0.05, 0.1) is 12.5 Å². The van der Waals surface area contributed by atoms with E-state index in [9.17, 15) is 9.59 Å². The zero-order chi connectivity index (χ0) is 19.8. The van der Waals surface area contributed by atoms with Crippen molar-refractivity contribution in [3.05, 3.63) is 93.2 Å². The first-order valence-corrected chi connectivity index (χ1v) is 10.9. The summed E-state index contributed by atoms with van der Waals surface area (Å²) < 4.78 is 0. The van der Waals surface area contributed by atoms with Crippen molar-refractivity contribution in [2.45, 2.75) is 32.0 Å². The zero-order valence-electron chi connectivity index (χ0n) is 16.1. The van der Waals surface area contributed by atoms with Gasteiger partial charge in [-0.25, -0.2) is 0 Å². The van der Waals surface area contributed by atoms with Crippen LogP contribution in [-0.4, -0.2) is 28.2 Å². The molecule has 2 amide bonds. The fraction of sp³-hybridized carbons (Fsp3) is 0.250. The monoisotopic (exact) mass is 402 g/mol. The fourth-order valence-corrected chi connectivity index (χ4v) is 5.22. The number of rotatable bonds is 4. The Morgan fingerprint density at radius 1 is 0.931 bits per heavy atom. The van der Waals surface area contributed by atoms with Crippen molar-refractivity contribution in [2.24, 2.45) is 0 Å². The molecule has 29 heavy (non-hydrogen) atoms. The van der Waals surface area contributed by atoms with Crippen molar-refractivity contribution in [3.8, 4) is 0 Å². The number of hydrogen-bond donors (Lipinski definition) is 0. The quantitative estimate of drug-likeness (QED) is 0.648. The van der Waals surface area contributed by atoms with Crippen LogP contribution < -0.4 is 0 Å². The van der Waals surface area contributed by atoms with Crippen molar-refractivity contribution >= 4 is 23.2 Å². The normalized spacial score (nSPS) is 16.5. The Hall–Kier alpha value is -2.92. The van der Waals surface area contributed by atoms with Crippen LogP contribution >= 0.6 is 11.3 Å². The Morgan fingerprint density at radius 2 is 1.69 bits per heavy atom. The number of nitrogens with zero attached hydrogens (tertiary/aromatic N) is 2. The van der Waals surface area contributed by atoms with Gasteiger partial charge in [0.15, 0.2) is 0 Å². The van der Waals surface area contributed by atoms with E-state index >= 15 is 0 Å². The second-order valence-corrected chi connectivity index (χ2v) is 8.64. The van der Waals surface area contributed by atoms with Gasteiger partial charge in [0.2, 0.25) is 5.91 Å². The molecule has 3 heterocycles. The number of benzene rings is 2. The van der Waals surface area contributed by atoms with Crippen LogP contribution in [-0.2, 0) is 24.3 Å². The molecule has 4 nitrogen and oxygen atoms in total. The molecule has 3 aromatic rings. The van der Waals surface area contributed by atoms with Gasteiger partial charge in [0, 0.05) is 30.1 Å². The molecule has 2 aliphatic heterocycles. The van der Waals surface area contributed by atoms with E-state index in [2.05, 4.69) is 18.2 Å². The summed E-state index contributed by atoms with van der Waals surface area (Å²) in [5.41, 5.74) is 4.35. The maximum Gasteiger partial charge on any atom is 0.255 e. The van der Waals surface area contributed by atoms with Gasteiger partial charge >= 0.3 is 0 Å². The number of carbonyl (C=O) groups excluding carboxylic acids is 2. The third-order valence-electron chi connectivity index (χ3n) is 5.95. The molecule has 0 saturated carbocycles. The van der Waals surface area contributed by atoms with Gasteiger partial charge in [0.1, 0.15) is 0 Å². The average molecular weight is 403 g/mol. The summed E-state index contributed by atoms with van der Waals surface area (Å²) in [7, 11) is 0. The molecule has 5 rings (SSSR count). The Balaban J connectivity index is 1.38. The summed E-state index contributed by atoms with van der Waals surface area (Å²) in [6.45, 7) is 1.95. The van der Waals surface area contributed by atoms with Gasteiger partial charge in [-0.2, -0.15) is 0 Å². The molecule has 0 radical (unpaired) electrons. The van der Waals surface area contributed by atoms with Crippen LogP contribution in [0, 0.1) is 0 Å². The molecule has 1 aromatic heterocycles. The second kappa shape index (κ2) is 7.48. The van der Waals surface area contributed by atoms with E-state index in [1.165, 1.54) is 11.1 Å². The van der Waals surface area contributed by atoms with Crippen LogP contribution in [0.4, 0.5) is 0 Å². The van der Waals surface area contributed by atoms with Crippen molar-refractivity contribution in [1.82, 2.24) is 9.80 Å². The van der Waals surface area contributed by atoms with Crippen LogP contribution in [0.5, 0.6) is 0 Å². The van der Waals surface area contributed by atoms with Crippen molar-refractivity contribution in [1.29, 1.82) is 0 Å². The lowest BCUT2D eigenvalue weighted by Gasteiger charge is -2.32. The van der Waals surface area contributed by atoms with E-state index in [0.29, 0.717) is 19.5 Å². The van der Waals surface area contributed by atoms with E-state index in [1.54, 1.807) is 11.3 Å². The molecule has 0 saturated heterocycles. The lowest BCUT2D eigenvalue weighted by Crippen LogP contribution is -2.39. The predicted molar refractivity (Wildman–Crippen MR) is 114 cm³/mol. The molecule has 0 N–H and O–H groups in total. The van der Waals surface area contributed by atoms with Gasteiger partial charge in [0.25, 0.3) is 5.91 Å². The second-order valence-electron chi connectivity index (χ2n) is 7.66. The van der Waals surface area contributed by atoms with Gasteiger partial charge in [-0.3, -0.25) is 9.59 Å². The molecule has 5 heteroatoms. The summed E-state index contributed by atoms with van der Waals surface area (Å²) in [4.78, 5) is 31.2. The Morgan fingerprint density at radius 3 is 2.45 bits per heavy atom. The Bertz CT molecular complexity index is 1060. The van der Waals surface area contributed by atoms with Gasteiger partial charge in [-0.05, 0) is 40.6 Å². The van der Waals surface area contributed by atoms with E-state index in [-0.39, 0.29) is 17.9 Å². The summed E-state index contributed by atoms with van der Waals surface area (Å²) in [5, 5.41) is 2.01. The maximum atomic E-state index is 13.2. The van der Waals surface area contributed by atoms with E-state index in [1.807, 2.05) is 57.6 Å². The van der Waals surface area contributed by atoms with Crippen LogP contribution in [0.15, 0.2) is 66.0 Å². The summed E-state index contributed by atoms with van der Waals surface area (Å²) in [6, 6.07) is 19.9. The molecule has 2 aromatic carbocycles. The average Bonchev–Trinajstić information content (AvgIpc) is 3.40. The Labute approximate surface area is 174 Å². The summed E-state index contributed by atoms with van der Waals surface area (Å²) >= 11 is 1.61. The molecule has 0 bridgehead atoms. The van der Waals surface area contributed by atoms with Gasteiger partial charge < -0.3 is 9.80 Å². The minimum Gasteiger partial charge on any atom is -0.338 e. The number of amides is 2. The SMILES string of the molecule is O=C(CC(c1cccs1)N1Cc2ccccc2C1=O)N1CCc2ccccc2C1. The number of hydrogen-bond acceptors (Lipinski definition) is 3. The molecule has 1 unspecified atom stereocenters. The predicted octanol–water partition coefficient (Wildman–Crippen LogP) is 4.42. The standard InChI is InChI=1S/C24H22N2O2S/c27-23(25-12-11-17-6-1-2-7-18(17)15-25)14-21(22-10-5-13-29-22)26-16-19-8-3-4-9-20(19)24(26)28/h1-10,13,21H,11-12,14-16H2. The maximum absolute atomic E-state index is 13.2. The molecule has 2 aliphatic rings. The highest BCUT2D eigenvalue weighted by molar-refractivity contribution is 7.10. The van der Waals surface area contributed by atoms with E-state index < -0.39 is 0 Å².